The van der Waals surface area contributed by atoms with E-state index in [2.05, 4.69) is 23.8 Å². The van der Waals surface area contributed by atoms with Gasteiger partial charge in [-0.15, -0.1) is 0 Å². The monoisotopic (exact) mass is 362 g/mol. The molecule has 6 nitrogen and oxygen atoms in total. The first kappa shape index (κ1) is 18.2. The van der Waals surface area contributed by atoms with Crippen molar-refractivity contribution in [3.8, 4) is 0 Å². The molecule has 25 heavy (non-hydrogen) atoms. The Labute approximate surface area is 153 Å². The third-order valence-corrected chi connectivity index (χ3v) is 5.57. The van der Waals surface area contributed by atoms with Crippen LogP contribution in [0.1, 0.15) is 43.5 Å². The number of thioether (sulfide) groups is 1. The predicted molar refractivity (Wildman–Crippen MR) is 97.4 cm³/mol. The molecule has 1 atom stereocenters. The average Bonchev–Trinajstić information content (AvgIpc) is 3.44. The summed E-state index contributed by atoms with van der Waals surface area (Å²) in [6.45, 7) is 6.14. The van der Waals surface area contributed by atoms with E-state index in [9.17, 15) is 9.59 Å². The van der Waals surface area contributed by atoms with Gasteiger partial charge in [-0.3, -0.25) is 9.59 Å². The second kappa shape index (κ2) is 7.72. The van der Waals surface area contributed by atoms with Gasteiger partial charge in [0, 0.05) is 38.4 Å². The molecule has 0 radical (unpaired) electrons. The fourth-order valence-corrected chi connectivity index (χ4v) is 3.58. The van der Waals surface area contributed by atoms with Crippen molar-refractivity contribution in [1.29, 1.82) is 0 Å². The SMILES string of the molecule is CSc1ncc(C(=O)N2CCC(=O)N(CC3CC3)[C@H](C(C)C)C2)cn1. The average molecular weight is 362 g/mol. The van der Waals surface area contributed by atoms with Gasteiger partial charge in [-0.05, 0) is 30.9 Å². The van der Waals surface area contributed by atoms with Crippen molar-refractivity contribution < 1.29 is 9.59 Å². The molecule has 0 unspecified atom stereocenters. The van der Waals surface area contributed by atoms with Gasteiger partial charge in [-0.25, -0.2) is 9.97 Å². The van der Waals surface area contributed by atoms with E-state index < -0.39 is 0 Å². The highest BCUT2D eigenvalue weighted by molar-refractivity contribution is 7.98. The van der Waals surface area contributed by atoms with E-state index in [-0.39, 0.29) is 17.9 Å². The standard InChI is InChI=1S/C18H26N4O2S/c1-12(2)15-11-21(7-6-16(23)22(15)10-13-4-5-13)17(24)14-8-19-18(25-3)20-9-14/h8-9,12-13,15H,4-7,10-11H2,1-3H3/t15-/m0/s1. The zero-order valence-electron chi connectivity index (χ0n) is 15.1. The lowest BCUT2D eigenvalue weighted by molar-refractivity contribution is -0.133. The fraction of sp³-hybridized carbons (Fsp3) is 0.667. The van der Waals surface area contributed by atoms with Gasteiger partial charge in [0.1, 0.15) is 0 Å². The Morgan fingerprint density at radius 3 is 2.56 bits per heavy atom. The van der Waals surface area contributed by atoms with E-state index in [1.165, 1.54) is 24.6 Å². The van der Waals surface area contributed by atoms with Crippen LogP contribution in [0.5, 0.6) is 0 Å². The van der Waals surface area contributed by atoms with E-state index in [1.807, 2.05) is 11.2 Å². The molecule has 1 saturated carbocycles. The van der Waals surface area contributed by atoms with Crippen molar-refractivity contribution >= 4 is 23.6 Å². The van der Waals surface area contributed by atoms with E-state index >= 15 is 0 Å². The number of hydrogen-bond acceptors (Lipinski definition) is 5. The molecule has 0 bridgehead atoms. The lowest BCUT2D eigenvalue weighted by atomic mass is 10.0. The van der Waals surface area contributed by atoms with E-state index in [1.54, 1.807) is 17.3 Å². The summed E-state index contributed by atoms with van der Waals surface area (Å²) in [6, 6.07) is 0.0749. The molecule has 1 aromatic rings. The Morgan fingerprint density at radius 2 is 2.00 bits per heavy atom. The minimum absolute atomic E-state index is 0.0749. The van der Waals surface area contributed by atoms with Crippen LogP contribution in [0.3, 0.4) is 0 Å². The summed E-state index contributed by atoms with van der Waals surface area (Å²) in [4.78, 5) is 37.7. The Balaban J connectivity index is 1.76. The lowest BCUT2D eigenvalue weighted by Crippen LogP contribution is -2.48. The van der Waals surface area contributed by atoms with Crippen LogP contribution < -0.4 is 0 Å². The maximum absolute atomic E-state index is 12.9. The van der Waals surface area contributed by atoms with Crippen molar-refractivity contribution in [3.63, 3.8) is 0 Å². The summed E-state index contributed by atoms with van der Waals surface area (Å²) in [7, 11) is 0. The molecule has 1 saturated heterocycles. The third-order valence-electron chi connectivity index (χ3n) is 4.99. The molecular weight excluding hydrogens is 336 g/mol. The van der Waals surface area contributed by atoms with Crippen LogP contribution >= 0.6 is 11.8 Å². The fourth-order valence-electron chi connectivity index (χ4n) is 3.26. The predicted octanol–water partition coefficient (Wildman–Crippen LogP) is 2.31. The van der Waals surface area contributed by atoms with Crippen LogP contribution in [0.25, 0.3) is 0 Å². The molecular formula is C18H26N4O2S. The second-order valence-corrected chi connectivity index (χ2v) is 8.03. The normalized spacial score (nSPS) is 21.6. The van der Waals surface area contributed by atoms with Crippen molar-refractivity contribution in [2.45, 2.75) is 44.3 Å². The molecule has 2 aliphatic rings. The van der Waals surface area contributed by atoms with Crippen LogP contribution in [-0.4, -0.2) is 63.5 Å². The summed E-state index contributed by atoms with van der Waals surface area (Å²) >= 11 is 1.45. The maximum Gasteiger partial charge on any atom is 0.257 e. The number of carbonyl (C=O) groups is 2. The second-order valence-electron chi connectivity index (χ2n) is 7.26. The van der Waals surface area contributed by atoms with Crippen molar-refractivity contribution in [1.82, 2.24) is 19.8 Å². The van der Waals surface area contributed by atoms with Gasteiger partial charge in [0.15, 0.2) is 5.16 Å². The zero-order valence-corrected chi connectivity index (χ0v) is 16.0. The highest BCUT2D eigenvalue weighted by atomic mass is 32.2. The largest absolute Gasteiger partial charge is 0.337 e. The minimum atomic E-state index is -0.0839. The van der Waals surface area contributed by atoms with Gasteiger partial charge in [0.05, 0.1) is 11.6 Å². The van der Waals surface area contributed by atoms with Crippen LogP contribution in [0.2, 0.25) is 0 Å². The molecule has 2 amide bonds. The van der Waals surface area contributed by atoms with Gasteiger partial charge in [0.25, 0.3) is 5.91 Å². The van der Waals surface area contributed by atoms with Crippen molar-refractivity contribution in [3.05, 3.63) is 18.0 Å². The van der Waals surface area contributed by atoms with Crippen molar-refractivity contribution in [2.24, 2.45) is 11.8 Å². The third kappa shape index (κ3) is 4.32. The number of hydrogen-bond donors (Lipinski definition) is 0. The number of rotatable bonds is 5. The first-order chi connectivity index (χ1) is 12.0. The summed E-state index contributed by atoms with van der Waals surface area (Å²) in [5, 5.41) is 0.651. The maximum atomic E-state index is 12.9. The number of nitrogens with zero attached hydrogens (tertiary/aromatic N) is 4. The number of amides is 2. The molecule has 136 valence electrons. The first-order valence-corrected chi connectivity index (χ1v) is 10.2. The molecule has 0 spiro atoms. The Bertz CT molecular complexity index is 630. The molecule has 0 N–H and O–H groups in total. The summed E-state index contributed by atoms with van der Waals surface area (Å²) in [5.74, 6) is 1.06. The molecule has 7 heteroatoms. The molecule has 0 aromatic carbocycles. The Hall–Kier alpha value is -1.63. The molecule has 1 aliphatic carbocycles. The van der Waals surface area contributed by atoms with E-state index in [0.29, 0.717) is 42.1 Å². The molecule has 2 heterocycles. The molecule has 1 aliphatic heterocycles. The molecule has 2 fully saturated rings. The lowest BCUT2D eigenvalue weighted by Gasteiger charge is -2.34. The highest BCUT2D eigenvalue weighted by Gasteiger charge is 2.36. The smallest absolute Gasteiger partial charge is 0.257 e. The first-order valence-electron chi connectivity index (χ1n) is 8.94. The van der Waals surface area contributed by atoms with Gasteiger partial charge < -0.3 is 9.80 Å². The van der Waals surface area contributed by atoms with E-state index in [0.717, 1.165) is 6.54 Å². The number of carbonyl (C=O) groups excluding carboxylic acids is 2. The zero-order chi connectivity index (χ0) is 18.0. The molecule has 3 rings (SSSR count). The number of aromatic nitrogens is 2. The Kier molecular flexibility index (Phi) is 5.61. The topological polar surface area (TPSA) is 66.4 Å². The van der Waals surface area contributed by atoms with Gasteiger partial charge in [-0.2, -0.15) is 0 Å². The van der Waals surface area contributed by atoms with Crippen LogP contribution in [0, 0.1) is 11.8 Å². The van der Waals surface area contributed by atoms with Crippen LogP contribution in [-0.2, 0) is 4.79 Å². The van der Waals surface area contributed by atoms with Gasteiger partial charge in [-0.1, -0.05) is 25.6 Å². The summed E-state index contributed by atoms with van der Waals surface area (Å²) < 4.78 is 0. The van der Waals surface area contributed by atoms with Gasteiger partial charge >= 0.3 is 0 Å². The minimum Gasteiger partial charge on any atom is -0.337 e. The highest BCUT2D eigenvalue weighted by Crippen LogP contribution is 2.32. The van der Waals surface area contributed by atoms with Crippen LogP contribution in [0.4, 0.5) is 0 Å². The van der Waals surface area contributed by atoms with Gasteiger partial charge in [0.2, 0.25) is 5.91 Å². The van der Waals surface area contributed by atoms with Crippen molar-refractivity contribution in [2.75, 3.05) is 25.9 Å². The summed E-state index contributed by atoms with van der Waals surface area (Å²) in [5.41, 5.74) is 0.489. The van der Waals surface area contributed by atoms with E-state index in [4.69, 9.17) is 0 Å². The Morgan fingerprint density at radius 1 is 1.32 bits per heavy atom. The molecule has 1 aromatic heterocycles. The summed E-state index contributed by atoms with van der Waals surface area (Å²) in [6.07, 6.45) is 7.90. The quantitative estimate of drug-likeness (QED) is 0.594. The van der Waals surface area contributed by atoms with Crippen LogP contribution in [0.15, 0.2) is 17.6 Å².